The minimum atomic E-state index is -0.112. The van der Waals surface area contributed by atoms with Crippen LogP contribution in [-0.4, -0.2) is 6.54 Å². The highest BCUT2D eigenvalue weighted by Gasteiger charge is 2.29. The Kier molecular flexibility index (Phi) is 4.39. The van der Waals surface area contributed by atoms with Crippen LogP contribution in [0.25, 0.3) is 0 Å². The van der Waals surface area contributed by atoms with Gasteiger partial charge in [-0.25, -0.2) is 4.39 Å². The summed E-state index contributed by atoms with van der Waals surface area (Å²) in [5.41, 5.74) is 2.13. The van der Waals surface area contributed by atoms with Crippen LogP contribution in [0, 0.1) is 24.6 Å². The van der Waals surface area contributed by atoms with Crippen LogP contribution >= 0.6 is 0 Å². The van der Waals surface area contributed by atoms with E-state index in [-0.39, 0.29) is 5.82 Å². The lowest BCUT2D eigenvalue weighted by atomic mass is 9.90. The number of benzene rings is 1. The number of halogens is 1. The van der Waals surface area contributed by atoms with Crippen LogP contribution in [0.1, 0.15) is 50.3 Å². The van der Waals surface area contributed by atoms with Gasteiger partial charge in [0.25, 0.3) is 0 Å². The summed E-state index contributed by atoms with van der Waals surface area (Å²) in [5, 5.41) is 3.55. The monoisotopic (exact) mass is 249 g/mol. The standard InChI is InChI=1S/C16H24FN/c1-4-18-16(13-6-5-11(2)7-13)14-8-12(3)9-15(17)10-14/h8-11,13,16,18H,4-7H2,1-3H3. The summed E-state index contributed by atoms with van der Waals surface area (Å²) in [5.74, 6) is 1.35. The molecule has 1 aliphatic rings. The number of nitrogens with one attached hydrogen (secondary N) is 1. The Morgan fingerprint density at radius 1 is 1.33 bits per heavy atom. The molecule has 1 N–H and O–H groups in total. The van der Waals surface area contributed by atoms with Gasteiger partial charge in [0, 0.05) is 6.04 Å². The molecule has 100 valence electrons. The predicted molar refractivity (Wildman–Crippen MR) is 74.1 cm³/mol. The van der Waals surface area contributed by atoms with Crippen molar-refractivity contribution in [2.24, 2.45) is 11.8 Å². The van der Waals surface area contributed by atoms with Crippen molar-refractivity contribution in [1.29, 1.82) is 0 Å². The first kappa shape index (κ1) is 13.5. The van der Waals surface area contributed by atoms with Gasteiger partial charge in [-0.2, -0.15) is 0 Å². The Hall–Kier alpha value is -0.890. The summed E-state index contributed by atoms with van der Waals surface area (Å²) >= 11 is 0. The first-order chi connectivity index (χ1) is 8.60. The normalized spacial score (nSPS) is 25.3. The van der Waals surface area contributed by atoms with Crippen molar-refractivity contribution in [3.63, 3.8) is 0 Å². The summed E-state index contributed by atoms with van der Waals surface area (Å²) in [6.07, 6.45) is 3.82. The van der Waals surface area contributed by atoms with E-state index in [2.05, 4.69) is 25.2 Å². The van der Waals surface area contributed by atoms with Gasteiger partial charge in [0.05, 0.1) is 0 Å². The van der Waals surface area contributed by atoms with E-state index >= 15 is 0 Å². The van der Waals surface area contributed by atoms with Crippen LogP contribution in [0.5, 0.6) is 0 Å². The Balaban J connectivity index is 2.23. The molecule has 0 amide bonds. The molecule has 18 heavy (non-hydrogen) atoms. The van der Waals surface area contributed by atoms with Gasteiger partial charge in [-0.05, 0) is 61.4 Å². The van der Waals surface area contributed by atoms with Crippen molar-refractivity contribution in [1.82, 2.24) is 5.32 Å². The van der Waals surface area contributed by atoms with Gasteiger partial charge < -0.3 is 5.32 Å². The van der Waals surface area contributed by atoms with E-state index in [1.165, 1.54) is 19.3 Å². The predicted octanol–water partition coefficient (Wildman–Crippen LogP) is 4.22. The van der Waals surface area contributed by atoms with Crippen molar-refractivity contribution in [2.45, 2.75) is 46.1 Å². The fourth-order valence-corrected chi connectivity index (χ4v) is 3.27. The second-order valence-electron chi connectivity index (χ2n) is 5.78. The zero-order valence-corrected chi connectivity index (χ0v) is 11.7. The molecular weight excluding hydrogens is 225 g/mol. The van der Waals surface area contributed by atoms with E-state index < -0.39 is 0 Å². The summed E-state index contributed by atoms with van der Waals surface area (Å²) in [6, 6.07) is 5.74. The second kappa shape index (κ2) is 5.83. The molecule has 0 saturated heterocycles. The molecule has 1 aliphatic carbocycles. The maximum atomic E-state index is 13.6. The molecule has 2 rings (SSSR count). The van der Waals surface area contributed by atoms with Crippen LogP contribution in [0.3, 0.4) is 0 Å². The Morgan fingerprint density at radius 3 is 2.67 bits per heavy atom. The Morgan fingerprint density at radius 2 is 2.11 bits per heavy atom. The maximum absolute atomic E-state index is 13.6. The molecule has 0 bridgehead atoms. The number of hydrogen-bond donors (Lipinski definition) is 1. The molecule has 0 aromatic heterocycles. The lowest BCUT2D eigenvalue weighted by Gasteiger charge is -2.25. The maximum Gasteiger partial charge on any atom is 0.123 e. The second-order valence-corrected chi connectivity index (χ2v) is 5.78. The van der Waals surface area contributed by atoms with Crippen LogP contribution in [0.15, 0.2) is 18.2 Å². The lowest BCUT2D eigenvalue weighted by molar-refractivity contribution is 0.364. The molecular formula is C16H24FN. The summed E-state index contributed by atoms with van der Waals surface area (Å²) < 4.78 is 13.6. The third kappa shape index (κ3) is 3.11. The molecule has 3 unspecified atom stereocenters. The number of aryl methyl sites for hydroxylation is 1. The molecule has 3 atom stereocenters. The minimum absolute atomic E-state index is 0.112. The highest BCUT2D eigenvalue weighted by Crippen LogP contribution is 2.39. The van der Waals surface area contributed by atoms with Crippen molar-refractivity contribution in [3.8, 4) is 0 Å². The summed E-state index contributed by atoms with van der Waals surface area (Å²) in [4.78, 5) is 0. The average Bonchev–Trinajstić information content (AvgIpc) is 2.71. The highest BCUT2D eigenvalue weighted by atomic mass is 19.1. The number of rotatable bonds is 4. The van der Waals surface area contributed by atoms with E-state index in [4.69, 9.17) is 0 Å². The third-order valence-electron chi connectivity index (χ3n) is 4.05. The smallest absolute Gasteiger partial charge is 0.123 e. The molecule has 1 saturated carbocycles. The molecule has 1 fully saturated rings. The molecule has 0 spiro atoms. The van der Waals surface area contributed by atoms with Gasteiger partial charge in [0.2, 0.25) is 0 Å². The first-order valence-electron chi connectivity index (χ1n) is 7.10. The summed E-state index contributed by atoms with van der Waals surface area (Å²) in [7, 11) is 0. The zero-order chi connectivity index (χ0) is 13.1. The highest BCUT2D eigenvalue weighted by molar-refractivity contribution is 5.27. The van der Waals surface area contributed by atoms with Crippen molar-refractivity contribution >= 4 is 0 Å². The first-order valence-corrected chi connectivity index (χ1v) is 7.10. The van der Waals surface area contributed by atoms with Gasteiger partial charge in [-0.1, -0.05) is 26.3 Å². The van der Waals surface area contributed by atoms with Gasteiger partial charge in [-0.3, -0.25) is 0 Å². The molecule has 1 nitrogen and oxygen atoms in total. The van der Waals surface area contributed by atoms with Gasteiger partial charge >= 0.3 is 0 Å². The van der Waals surface area contributed by atoms with E-state index in [1.807, 2.05) is 6.92 Å². The van der Waals surface area contributed by atoms with Crippen molar-refractivity contribution < 1.29 is 4.39 Å². The molecule has 1 aromatic carbocycles. The van der Waals surface area contributed by atoms with Crippen molar-refractivity contribution in [2.75, 3.05) is 6.54 Å². The fraction of sp³-hybridized carbons (Fsp3) is 0.625. The molecule has 2 heteroatoms. The lowest BCUT2D eigenvalue weighted by Crippen LogP contribution is -2.27. The largest absolute Gasteiger partial charge is 0.310 e. The van der Waals surface area contributed by atoms with Crippen LogP contribution in [0.4, 0.5) is 4.39 Å². The van der Waals surface area contributed by atoms with E-state index in [0.717, 1.165) is 23.6 Å². The number of hydrogen-bond acceptors (Lipinski definition) is 1. The molecule has 0 heterocycles. The SMILES string of the molecule is CCNC(c1cc(C)cc(F)c1)C1CCC(C)C1. The average molecular weight is 249 g/mol. The minimum Gasteiger partial charge on any atom is -0.310 e. The van der Waals surface area contributed by atoms with Crippen LogP contribution in [-0.2, 0) is 0 Å². The fourth-order valence-electron chi connectivity index (χ4n) is 3.27. The van der Waals surface area contributed by atoms with E-state index in [1.54, 1.807) is 12.1 Å². The quantitative estimate of drug-likeness (QED) is 0.842. The Labute approximate surface area is 110 Å². The van der Waals surface area contributed by atoms with Gasteiger partial charge in [0.1, 0.15) is 5.82 Å². The molecule has 1 aromatic rings. The van der Waals surface area contributed by atoms with Crippen LogP contribution < -0.4 is 5.32 Å². The van der Waals surface area contributed by atoms with Crippen LogP contribution in [0.2, 0.25) is 0 Å². The topological polar surface area (TPSA) is 12.0 Å². The third-order valence-corrected chi connectivity index (χ3v) is 4.05. The van der Waals surface area contributed by atoms with Gasteiger partial charge in [-0.15, -0.1) is 0 Å². The van der Waals surface area contributed by atoms with Gasteiger partial charge in [0.15, 0.2) is 0 Å². The zero-order valence-electron chi connectivity index (χ0n) is 11.7. The van der Waals surface area contributed by atoms with E-state index in [9.17, 15) is 4.39 Å². The molecule has 0 radical (unpaired) electrons. The molecule has 0 aliphatic heterocycles. The van der Waals surface area contributed by atoms with Crippen molar-refractivity contribution in [3.05, 3.63) is 35.1 Å². The summed E-state index contributed by atoms with van der Waals surface area (Å²) in [6.45, 7) is 7.34. The van der Waals surface area contributed by atoms with E-state index in [0.29, 0.717) is 12.0 Å². The Bertz CT molecular complexity index is 382.